The molecule has 0 saturated carbocycles. The second-order valence-corrected chi connectivity index (χ2v) is 4.77. The summed E-state index contributed by atoms with van der Waals surface area (Å²) < 4.78 is 5.18. The van der Waals surface area contributed by atoms with Gasteiger partial charge in [-0.1, -0.05) is 36.4 Å². The zero-order valence-electron chi connectivity index (χ0n) is 12.3. The molecule has 2 atom stereocenters. The first-order valence-corrected chi connectivity index (χ1v) is 7.10. The number of aromatic nitrogens is 1. The molecular formula is C17H20N2O2. The minimum atomic E-state index is -0.485. The Hall–Kier alpha value is -2.20. The van der Waals surface area contributed by atoms with Gasteiger partial charge >= 0.3 is 5.97 Å². The third-order valence-electron chi connectivity index (χ3n) is 3.26. The highest BCUT2D eigenvalue weighted by molar-refractivity contribution is 5.77. The molecule has 0 radical (unpaired) electrons. The van der Waals surface area contributed by atoms with Gasteiger partial charge in [0.15, 0.2) is 0 Å². The largest absolute Gasteiger partial charge is 0.465 e. The second-order valence-electron chi connectivity index (χ2n) is 4.77. The number of nitrogens with zero attached hydrogens (tertiary/aromatic N) is 1. The van der Waals surface area contributed by atoms with Crippen LogP contribution in [0.15, 0.2) is 54.9 Å². The van der Waals surface area contributed by atoms with Crippen LogP contribution >= 0.6 is 0 Å². The molecule has 1 N–H and O–H groups in total. The van der Waals surface area contributed by atoms with Gasteiger partial charge in [0.2, 0.25) is 0 Å². The van der Waals surface area contributed by atoms with Crippen molar-refractivity contribution in [2.45, 2.75) is 25.9 Å². The van der Waals surface area contributed by atoms with Gasteiger partial charge in [-0.25, -0.2) is 4.79 Å². The molecule has 2 rings (SSSR count). The number of rotatable bonds is 6. The predicted octanol–water partition coefficient (Wildman–Crippen LogP) is 3.04. The molecule has 1 heterocycles. The SMILES string of the molecule is CCOC(=O)C(NC(C)c1cccnc1)c1ccccc1. The lowest BCUT2D eigenvalue weighted by Crippen LogP contribution is -2.32. The first kappa shape index (κ1) is 15.2. The Morgan fingerprint density at radius 1 is 1.19 bits per heavy atom. The quantitative estimate of drug-likeness (QED) is 0.828. The van der Waals surface area contributed by atoms with Crippen LogP contribution in [0.1, 0.15) is 37.1 Å². The van der Waals surface area contributed by atoms with Crippen molar-refractivity contribution >= 4 is 5.97 Å². The number of benzene rings is 1. The maximum absolute atomic E-state index is 12.2. The highest BCUT2D eigenvalue weighted by Gasteiger charge is 2.23. The molecule has 0 amide bonds. The van der Waals surface area contributed by atoms with E-state index in [4.69, 9.17) is 4.74 Å². The van der Waals surface area contributed by atoms with Crippen molar-refractivity contribution in [3.05, 3.63) is 66.0 Å². The van der Waals surface area contributed by atoms with Gasteiger partial charge in [-0.05, 0) is 31.0 Å². The normalized spacial score (nSPS) is 13.4. The van der Waals surface area contributed by atoms with Crippen molar-refractivity contribution < 1.29 is 9.53 Å². The highest BCUT2D eigenvalue weighted by Crippen LogP contribution is 2.20. The van der Waals surface area contributed by atoms with Crippen LogP contribution in [0.2, 0.25) is 0 Å². The average Bonchev–Trinajstić information content (AvgIpc) is 2.54. The van der Waals surface area contributed by atoms with E-state index in [1.165, 1.54) is 0 Å². The number of pyridine rings is 1. The highest BCUT2D eigenvalue weighted by atomic mass is 16.5. The molecule has 0 bridgehead atoms. The molecule has 0 spiro atoms. The van der Waals surface area contributed by atoms with Crippen molar-refractivity contribution in [3.8, 4) is 0 Å². The van der Waals surface area contributed by atoms with Gasteiger partial charge in [0.25, 0.3) is 0 Å². The molecule has 0 saturated heterocycles. The molecule has 0 aliphatic rings. The summed E-state index contributed by atoms with van der Waals surface area (Å²) in [5.41, 5.74) is 1.93. The maximum Gasteiger partial charge on any atom is 0.327 e. The van der Waals surface area contributed by atoms with E-state index in [-0.39, 0.29) is 12.0 Å². The van der Waals surface area contributed by atoms with E-state index >= 15 is 0 Å². The number of esters is 1. The molecule has 4 nitrogen and oxygen atoms in total. The van der Waals surface area contributed by atoms with Crippen LogP contribution in [0.3, 0.4) is 0 Å². The van der Waals surface area contributed by atoms with E-state index in [1.807, 2.05) is 56.3 Å². The molecule has 21 heavy (non-hydrogen) atoms. The summed E-state index contributed by atoms with van der Waals surface area (Å²) >= 11 is 0. The number of ether oxygens (including phenoxy) is 1. The Balaban J connectivity index is 2.18. The van der Waals surface area contributed by atoms with E-state index in [0.717, 1.165) is 11.1 Å². The van der Waals surface area contributed by atoms with Crippen molar-refractivity contribution in [3.63, 3.8) is 0 Å². The number of hydrogen-bond donors (Lipinski definition) is 1. The fraction of sp³-hybridized carbons (Fsp3) is 0.294. The second kappa shape index (κ2) is 7.55. The smallest absolute Gasteiger partial charge is 0.327 e. The van der Waals surface area contributed by atoms with E-state index in [2.05, 4.69) is 10.3 Å². The van der Waals surface area contributed by atoms with Crippen LogP contribution in [0.4, 0.5) is 0 Å². The Labute approximate surface area is 125 Å². The van der Waals surface area contributed by atoms with E-state index in [0.29, 0.717) is 6.61 Å². The zero-order valence-corrected chi connectivity index (χ0v) is 12.3. The molecule has 2 unspecified atom stereocenters. The maximum atomic E-state index is 12.2. The summed E-state index contributed by atoms with van der Waals surface area (Å²) in [6.45, 7) is 4.18. The van der Waals surface area contributed by atoms with Crippen LogP contribution < -0.4 is 5.32 Å². The lowest BCUT2D eigenvalue weighted by Gasteiger charge is -2.22. The van der Waals surface area contributed by atoms with Gasteiger partial charge in [0.1, 0.15) is 6.04 Å². The summed E-state index contributed by atoms with van der Waals surface area (Å²) in [5.74, 6) is -0.264. The molecule has 4 heteroatoms. The van der Waals surface area contributed by atoms with Gasteiger partial charge in [-0.3, -0.25) is 10.3 Å². The molecular weight excluding hydrogens is 264 g/mol. The topological polar surface area (TPSA) is 51.2 Å². The van der Waals surface area contributed by atoms with Gasteiger partial charge < -0.3 is 4.74 Å². The van der Waals surface area contributed by atoms with Gasteiger partial charge in [0.05, 0.1) is 6.61 Å². The fourth-order valence-corrected chi connectivity index (χ4v) is 2.15. The van der Waals surface area contributed by atoms with Gasteiger partial charge in [0, 0.05) is 18.4 Å². The van der Waals surface area contributed by atoms with Crippen molar-refractivity contribution in [1.82, 2.24) is 10.3 Å². The van der Waals surface area contributed by atoms with Crippen molar-refractivity contribution in [2.24, 2.45) is 0 Å². The Morgan fingerprint density at radius 2 is 1.90 bits per heavy atom. The Kier molecular flexibility index (Phi) is 5.46. The summed E-state index contributed by atoms with van der Waals surface area (Å²) in [4.78, 5) is 16.3. The summed E-state index contributed by atoms with van der Waals surface area (Å²) in [6, 6.07) is 13.0. The minimum absolute atomic E-state index is 0.00619. The average molecular weight is 284 g/mol. The third-order valence-corrected chi connectivity index (χ3v) is 3.26. The molecule has 110 valence electrons. The summed E-state index contributed by atoms with van der Waals surface area (Å²) in [7, 11) is 0. The van der Waals surface area contributed by atoms with Crippen molar-refractivity contribution in [2.75, 3.05) is 6.61 Å². The lowest BCUT2D eigenvalue weighted by molar-refractivity contribution is -0.146. The van der Waals surface area contributed by atoms with E-state index in [9.17, 15) is 4.79 Å². The van der Waals surface area contributed by atoms with Crippen molar-refractivity contribution in [1.29, 1.82) is 0 Å². The lowest BCUT2D eigenvalue weighted by atomic mass is 10.0. The number of hydrogen-bond acceptors (Lipinski definition) is 4. The van der Waals surface area contributed by atoms with E-state index in [1.54, 1.807) is 12.4 Å². The monoisotopic (exact) mass is 284 g/mol. The molecule has 2 aromatic rings. The summed E-state index contributed by atoms with van der Waals surface area (Å²) in [6.07, 6.45) is 3.53. The van der Waals surface area contributed by atoms with Crippen LogP contribution in [0.5, 0.6) is 0 Å². The molecule has 0 aliphatic heterocycles. The van der Waals surface area contributed by atoms with Crippen LogP contribution in [-0.2, 0) is 9.53 Å². The van der Waals surface area contributed by atoms with Crippen LogP contribution in [0, 0.1) is 0 Å². The first-order chi connectivity index (χ1) is 10.2. The Bertz CT molecular complexity index is 558. The first-order valence-electron chi connectivity index (χ1n) is 7.10. The molecule has 0 aliphatic carbocycles. The van der Waals surface area contributed by atoms with Gasteiger partial charge in [-0.15, -0.1) is 0 Å². The molecule has 1 aromatic carbocycles. The Morgan fingerprint density at radius 3 is 2.52 bits per heavy atom. The summed E-state index contributed by atoms with van der Waals surface area (Å²) in [5, 5.41) is 3.32. The predicted molar refractivity (Wildman–Crippen MR) is 81.6 cm³/mol. The van der Waals surface area contributed by atoms with Crippen LogP contribution in [0.25, 0.3) is 0 Å². The van der Waals surface area contributed by atoms with Crippen LogP contribution in [-0.4, -0.2) is 17.6 Å². The number of carbonyl (C=O) groups excluding carboxylic acids is 1. The minimum Gasteiger partial charge on any atom is -0.465 e. The number of carbonyl (C=O) groups is 1. The molecule has 0 fully saturated rings. The molecule has 1 aromatic heterocycles. The fourth-order valence-electron chi connectivity index (χ4n) is 2.15. The number of nitrogens with one attached hydrogen (secondary N) is 1. The van der Waals surface area contributed by atoms with Gasteiger partial charge in [-0.2, -0.15) is 0 Å². The standard InChI is InChI=1S/C17H20N2O2/c1-3-21-17(20)16(14-8-5-4-6-9-14)19-13(2)15-10-7-11-18-12-15/h4-13,16,19H,3H2,1-2H3. The zero-order chi connectivity index (χ0) is 15.1. The van der Waals surface area contributed by atoms with E-state index < -0.39 is 6.04 Å². The third kappa shape index (κ3) is 4.13.